The molecule has 0 heterocycles. The summed E-state index contributed by atoms with van der Waals surface area (Å²) < 4.78 is 0.597. The average molecular weight is 354 g/mol. The van der Waals surface area contributed by atoms with Crippen LogP contribution in [0, 0.1) is 10.1 Å². The van der Waals surface area contributed by atoms with Gasteiger partial charge in [0.1, 0.15) is 0 Å². The van der Waals surface area contributed by atoms with Crippen LogP contribution in [0.15, 0.2) is 56.7 Å². The van der Waals surface area contributed by atoms with Crippen LogP contribution in [0.1, 0.15) is 10.4 Å². The van der Waals surface area contributed by atoms with Crippen LogP contribution in [0.5, 0.6) is 0 Å². The number of carbonyl (C=O) groups is 1. The normalized spacial score (nSPS) is 10.2. The number of halogens is 1. The minimum absolute atomic E-state index is 0.0652. The van der Waals surface area contributed by atoms with Crippen molar-refractivity contribution in [3.63, 3.8) is 0 Å². The first kappa shape index (κ1) is 14.5. The second-order valence-electron chi connectivity index (χ2n) is 3.77. The van der Waals surface area contributed by atoms with Gasteiger partial charge in [-0.25, -0.2) is 4.79 Å². The summed E-state index contributed by atoms with van der Waals surface area (Å²) in [6.07, 6.45) is 0. The molecule has 0 bridgehead atoms. The van der Waals surface area contributed by atoms with Gasteiger partial charge in [-0.2, -0.15) is 0 Å². The van der Waals surface area contributed by atoms with Gasteiger partial charge in [0.05, 0.1) is 15.4 Å². The second-order valence-corrected chi connectivity index (χ2v) is 5.77. The van der Waals surface area contributed by atoms with Crippen LogP contribution in [-0.4, -0.2) is 16.0 Å². The Bertz CT molecular complexity index is 690. The van der Waals surface area contributed by atoms with Gasteiger partial charge in [0.15, 0.2) is 0 Å². The van der Waals surface area contributed by atoms with Crippen molar-refractivity contribution < 1.29 is 14.8 Å². The number of rotatable bonds is 4. The Kier molecular flexibility index (Phi) is 4.41. The first-order valence-electron chi connectivity index (χ1n) is 5.43. The van der Waals surface area contributed by atoms with Gasteiger partial charge in [0, 0.05) is 15.4 Å². The van der Waals surface area contributed by atoms with E-state index in [0.717, 1.165) is 11.8 Å². The Morgan fingerprint density at radius 1 is 1.20 bits per heavy atom. The third kappa shape index (κ3) is 3.17. The zero-order valence-corrected chi connectivity index (χ0v) is 12.3. The van der Waals surface area contributed by atoms with E-state index in [1.165, 1.54) is 12.1 Å². The van der Waals surface area contributed by atoms with E-state index in [1.54, 1.807) is 30.3 Å². The summed E-state index contributed by atoms with van der Waals surface area (Å²) in [7, 11) is 0. The molecular weight excluding hydrogens is 346 g/mol. The van der Waals surface area contributed by atoms with Crippen LogP contribution < -0.4 is 0 Å². The molecule has 0 radical (unpaired) electrons. The molecule has 0 atom stereocenters. The molecule has 102 valence electrons. The Hall–Kier alpha value is -1.86. The largest absolute Gasteiger partial charge is 0.478 e. The maximum Gasteiger partial charge on any atom is 0.336 e. The van der Waals surface area contributed by atoms with Crippen LogP contribution in [0.2, 0.25) is 0 Å². The van der Waals surface area contributed by atoms with E-state index in [1.807, 2.05) is 0 Å². The minimum Gasteiger partial charge on any atom is -0.478 e. The number of carboxylic acids is 1. The van der Waals surface area contributed by atoms with Gasteiger partial charge in [-0.15, -0.1) is 0 Å². The lowest BCUT2D eigenvalue weighted by atomic mass is 10.2. The molecule has 5 nitrogen and oxygen atoms in total. The van der Waals surface area contributed by atoms with Crippen LogP contribution in [0.4, 0.5) is 5.69 Å². The Morgan fingerprint density at radius 3 is 2.55 bits per heavy atom. The molecule has 7 heteroatoms. The minimum atomic E-state index is -1.06. The summed E-state index contributed by atoms with van der Waals surface area (Å²) in [6, 6.07) is 11.1. The second kappa shape index (κ2) is 6.06. The summed E-state index contributed by atoms with van der Waals surface area (Å²) in [4.78, 5) is 22.5. The number of aromatic carboxylic acids is 1. The van der Waals surface area contributed by atoms with Gasteiger partial charge >= 0.3 is 5.97 Å². The summed E-state index contributed by atoms with van der Waals surface area (Å²) >= 11 is 4.24. The van der Waals surface area contributed by atoms with Crippen LogP contribution in [0.3, 0.4) is 0 Å². The Labute approximate surface area is 126 Å². The van der Waals surface area contributed by atoms with E-state index in [9.17, 15) is 14.9 Å². The topological polar surface area (TPSA) is 80.4 Å². The lowest BCUT2D eigenvalue weighted by molar-refractivity contribution is -0.387. The van der Waals surface area contributed by atoms with Gasteiger partial charge in [-0.3, -0.25) is 10.1 Å². The fourth-order valence-electron chi connectivity index (χ4n) is 1.57. The first-order valence-corrected chi connectivity index (χ1v) is 7.04. The van der Waals surface area contributed by atoms with Crippen LogP contribution >= 0.6 is 27.7 Å². The molecule has 2 aromatic rings. The van der Waals surface area contributed by atoms with Crippen molar-refractivity contribution in [2.45, 2.75) is 9.79 Å². The highest BCUT2D eigenvalue weighted by Gasteiger charge is 2.18. The number of hydrogen-bond acceptors (Lipinski definition) is 4. The predicted octanol–water partition coefficient (Wildman–Crippen LogP) is 4.21. The molecule has 0 unspecified atom stereocenters. The molecule has 1 N–H and O–H groups in total. The third-order valence-corrected chi connectivity index (χ3v) is 4.09. The molecule has 0 aliphatic heterocycles. The highest BCUT2D eigenvalue weighted by Crippen LogP contribution is 2.37. The zero-order chi connectivity index (χ0) is 14.7. The SMILES string of the molecule is O=C(O)c1ccccc1Sc1ccc(Br)cc1[N+](=O)[O-]. The summed E-state index contributed by atoms with van der Waals surface area (Å²) in [6.45, 7) is 0. The molecule has 0 aliphatic carbocycles. The molecule has 2 rings (SSSR count). The van der Waals surface area contributed by atoms with E-state index in [0.29, 0.717) is 14.3 Å². The molecule has 0 amide bonds. The van der Waals surface area contributed by atoms with Crippen LogP contribution in [0.25, 0.3) is 0 Å². The van der Waals surface area contributed by atoms with Crippen molar-refractivity contribution >= 4 is 39.3 Å². The van der Waals surface area contributed by atoms with E-state index in [4.69, 9.17) is 5.11 Å². The number of hydrogen-bond donors (Lipinski definition) is 1. The molecule has 20 heavy (non-hydrogen) atoms. The van der Waals surface area contributed by atoms with Crippen molar-refractivity contribution in [2.75, 3.05) is 0 Å². The Balaban J connectivity index is 2.45. The van der Waals surface area contributed by atoms with Gasteiger partial charge in [0.2, 0.25) is 0 Å². The smallest absolute Gasteiger partial charge is 0.336 e. The molecule has 0 saturated heterocycles. The van der Waals surface area contributed by atoms with E-state index in [2.05, 4.69) is 15.9 Å². The quantitative estimate of drug-likeness (QED) is 0.657. The lowest BCUT2D eigenvalue weighted by Crippen LogP contribution is -1.98. The fourth-order valence-corrected chi connectivity index (χ4v) is 2.94. The van der Waals surface area contributed by atoms with Crippen LogP contribution in [-0.2, 0) is 0 Å². The van der Waals surface area contributed by atoms with Gasteiger partial charge < -0.3 is 5.11 Å². The van der Waals surface area contributed by atoms with E-state index in [-0.39, 0.29) is 11.3 Å². The summed E-state index contributed by atoms with van der Waals surface area (Å²) in [5.41, 5.74) is 0.0549. The number of benzene rings is 2. The first-order chi connectivity index (χ1) is 9.49. The molecule has 0 aromatic heterocycles. The van der Waals surface area contributed by atoms with Crippen molar-refractivity contribution in [3.8, 4) is 0 Å². The van der Waals surface area contributed by atoms with Crippen molar-refractivity contribution in [1.82, 2.24) is 0 Å². The van der Waals surface area contributed by atoms with Crippen molar-refractivity contribution in [2.24, 2.45) is 0 Å². The maximum absolute atomic E-state index is 11.1. The standard InChI is InChI=1S/C13H8BrNO4S/c14-8-5-6-12(10(7-8)15(18)19)20-11-4-2-1-3-9(11)13(16)17/h1-7H,(H,16,17). The number of nitro groups is 1. The highest BCUT2D eigenvalue weighted by molar-refractivity contribution is 9.10. The van der Waals surface area contributed by atoms with Gasteiger partial charge in [-0.05, 0) is 24.3 Å². The van der Waals surface area contributed by atoms with E-state index >= 15 is 0 Å². The van der Waals surface area contributed by atoms with Crippen molar-refractivity contribution in [1.29, 1.82) is 0 Å². The van der Waals surface area contributed by atoms with Gasteiger partial charge in [-0.1, -0.05) is 39.8 Å². The third-order valence-electron chi connectivity index (χ3n) is 2.46. The maximum atomic E-state index is 11.1. The van der Waals surface area contributed by atoms with E-state index < -0.39 is 10.9 Å². The number of nitro benzene ring substituents is 1. The molecule has 0 saturated carbocycles. The predicted molar refractivity (Wildman–Crippen MR) is 78.3 cm³/mol. The summed E-state index contributed by atoms with van der Waals surface area (Å²) in [5.74, 6) is -1.06. The number of nitrogens with zero attached hydrogens (tertiary/aromatic N) is 1. The number of carboxylic acid groups (broad SMARTS) is 1. The zero-order valence-electron chi connectivity index (χ0n) is 9.95. The molecular formula is C13H8BrNO4S. The lowest BCUT2D eigenvalue weighted by Gasteiger charge is -2.06. The molecule has 0 spiro atoms. The highest BCUT2D eigenvalue weighted by atomic mass is 79.9. The molecule has 0 fully saturated rings. The summed E-state index contributed by atoms with van der Waals surface area (Å²) in [5, 5.41) is 20.1. The average Bonchev–Trinajstić information content (AvgIpc) is 2.41. The fraction of sp³-hybridized carbons (Fsp3) is 0. The van der Waals surface area contributed by atoms with Gasteiger partial charge in [0.25, 0.3) is 5.69 Å². The monoisotopic (exact) mass is 353 g/mol. The van der Waals surface area contributed by atoms with Crippen molar-refractivity contribution in [3.05, 3.63) is 62.6 Å². The molecule has 0 aliphatic rings. The molecule has 2 aromatic carbocycles. The Morgan fingerprint density at radius 2 is 1.90 bits per heavy atom.